The molecule has 0 saturated carbocycles. The summed E-state index contributed by atoms with van der Waals surface area (Å²) in [5.41, 5.74) is 8.89. The van der Waals surface area contributed by atoms with E-state index in [1.165, 1.54) is 48.5 Å². The maximum atomic E-state index is 12.8. The van der Waals surface area contributed by atoms with Crippen LogP contribution in [0.2, 0.25) is 0 Å². The van der Waals surface area contributed by atoms with Gasteiger partial charge < -0.3 is 20.4 Å². The Bertz CT molecular complexity index is 1150. The predicted octanol–water partition coefficient (Wildman–Crippen LogP) is -0.672. The second-order valence-electron chi connectivity index (χ2n) is 6.50. The van der Waals surface area contributed by atoms with Crippen LogP contribution in [0.25, 0.3) is 0 Å². The highest BCUT2D eigenvalue weighted by atomic mass is 32.2. The van der Waals surface area contributed by atoms with E-state index in [1.54, 1.807) is 6.07 Å². The average molecular weight is 418 g/mol. The number of primary amides is 1. The lowest BCUT2D eigenvalue weighted by Gasteiger charge is -2.26. The molecule has 2 aromatic carbocycles. The molecule has 0 fully saturated rings. The number of amides is 1. The summed E-state index contributed by atoms with van der Waals surface area (Å²) in [6, 6.07) is 12.7. The first-order chi connectivity index (χ1) is 13.9. The Morgan fingerprint density at radius 1 is 1.07 bits per heavy atom. The Morgan fingerprint density at radius 3 is 2.17 bits per heavy atom. The summed E-state index contributed by atoms with van der Waals surface area (Å²) in [6.45, 7) is 0. The van der Waals surface area contributed by atoms with Crippen LogP contribution in [0.3, 0.4) is 0 Å². The lowest BCUT2D eigenvalue weighted by molar-refractivity contribution is -0.126. The molecule has 1 aliphatic heterocycles. The van der Waals surface area contributed by atoms with Crippen molar-refractivity contribution in [2.24, 2.45) is 11.5 Å². The number of benzene rings is 2. The molecule has 6 radical (unpaired) electrons. The molecule has 1 heterocycles. The largest absolute Gasteiger partial charge is 0.467 e. The molecule has 0 aromatic heterocycles. The third-order valence-electron chi connectivity index (χ3n) is 4.47. The van der Waals surface area contributed by atoms with E-state index >= 15 is 0 Å². The number of ether oxygens (including phenoxy) is 1. The third-order valence-corrected chi connectivity index (χ3v) is 5.92. The Kier molecular flexibility index (Phi) is 5.24. The van der Waals surface area contributed by atoms with Crippen LogP contribution >= 0.6 is 0 Å². The van der Waals surface area contributed by atoms with Crippen molar-refractivity contribution in [1.82, 2.24) is 0 Å². The normalized spacial score (nSPS) is 19.4. The first-order valence-electron chi connectivity index (χ1n) is 8.40. The zero-order valence-corrected chi connectivity index (χ0v) is 16.3. The maximum Gasteiger partial charge on any atom is 0.302 e. The average Bonchev–Trinajstić information content (AvgIpc) is 2.92. The van der Waals surface area contributed by atoms with E-state index in [0.29, 0.717) is 0 Å². The zero-order valence-electron chi connectivity index (χ0n) is 15.4. The van der Waals surface area contributed by atoms with Gasteiger partial charge in [-0.05, 0) is 23.3 Å². The van der Waals surface area contributed by atoms with Crippen molar-refractivity contribution < 1.29 is 26.9 Å². The number of rotatable bonds is 6. The molecule has 0 spiro atoms. The minimum atomic E-state index is -4.81. The molecule has 1 amide bonds. The molecule has 8 nitrogen and oxygen atoms in total. The van der Waals surface area contributed by atoms with Crippen LogP contribution in [0.5, 0.6) is 0 Å². The molecular formula is C18H13B3N2O6S. The van der Waals surface area contributed by atoms with Gasteiger partial charge in [-0.2, -0.15) is 8.42 Å². The fraction of sp³-hybridized carbons (Fsp3) is 0.111. The monoisotopic (exact) mass is 418 g/mol. The van der Waals surface area contributed by atoms with E-state index in [-0.39, 0.29) is 16.7 Å². The van der Waals surface area contributed by atoms with E-state index in [4.69, 9.17) is 43.9 Å². The Labute approximate surface area is 177 Å². The number of carbonyl (C=O) groups is 2. The second-order valence-corrected chi connectivity index (χ2v) is 8.25. The summed E-state index contributed by atoms with van der Waals surface area (Å²) in [7, 11) is 12.8. The van der Waals surface area contributed by atoms with E-state index in [2.05, 4.69) is 0 Å². The summed E-state index contributed by atoms with van der Waals surface area (Å²) in [5, 5.41) is 0. The molecule has 3 rings (SSSR count). The SMILES string of the molecule is [B]C([B])(c1ccccc1)S(=O)(=O)OC1=C(N)O[C@]([B])(c2ccc(C(N)=O)cc2)C1=O. The molecule has 0 bridgehead atoms. The number of hydrogen-bond acceptors (Lipinski definition) is 7. The van der Waals surface area contributed by atoms with Gasteiger partial charge in [0.1, 0.15) is 7.85 Å². The van der Waals surface area contributed by atoms with Gasteiger partial charge in [-0.25, -0.2) is 0 Å². The van der Waals surface area contributed by atoms with Gasteiger partial charge in [-0.15, -0.1) is 0 Å². The van der Waals surface area contributed by atoms with Crippen LogP contribution < -0.4 is 11.5 Å². The fourth-order valence-electron chi connectivity index (χ4n) is 2.72. The number of nitrogens with two attached hydrogens (primary N) is 2. The molecule has 12 heteroatoms. The van der Waals surface area contributed by atoms with Crippen LogP contribution in [-0.2, 0) is 33.9 Å². The maximum absolute atomic E-state index is 12.8. The predicted molar refractivity (Wildman–Crippen MR) is 109 cm³/mol. The molecule has 30 heavy (non-hydrogen) atoms. The van der Waals surface area contributed by atoms with Gasteiger partial charge in [0.05, 0.1) is 20.2 Å². The lowest BCUT2D eigenvalue weighted by atomic mass is 9.65. The van der Waals surface area contributed by atoms with Gasteiger partial charge in [-0.1, -0.05) is 42.5 Å². The van der Waals surface area contributed by atoms with Crippen LogP contribution in [0.1, 0.15) is 21.5 Å². The van der Waals surface area contributed by atoms with Crippen LogP contribution in [0.4, 0.5) is 0 Å². The summed E-state index contributed by atoms with van der Waals surface area (Å²) < 4.78 is 33.0. The van der Waals surface area contributed by atoms with Crippen molar-refractivity contribution in [1.29, 1.82) is 0 Å². The van der Waals surface area contributed by atoms with Crippen molar-refractivity contribution in [2.75, 3.05) is 0 Å². The molecular weight excluding hydrogens is 405 g/mol. The summed E-state index contributed by atoms with van der Waals surface area (Å²) in [4.78, 5) is 24.1. The lowest BCUT2D eigenvalue weighted by Crippen LogP contribution is -2.40. The van der Waals surface area contributed by atoms with Gasteiger partial charge in [0.15, 0.2) is 5.50 Å². The minimum absolute atomic E-state index is 0.0107. The quantitative estimate of drug-likeness (QED) is 0.469. The van der Waals surface area contributed by atoms with Gasteiger partial charge >= 0.3 is 10.1 Å². The van der Waals surface area contributed by atoms with Crippen molar-refractivity contribution in [3.63, 3.8) is 0 Å². The Morgan fingerprint density at radius 2 is 1.63 bits per heavy atom. The third kappa shape index (κ3) is 3.47. The highest BCUT2D eigenvalue weighted by molar-refractivity contribution is 7.90. The molecule has 0 aliphatic carbocycles. The minimum Gasteiger partial charge on any atom is -0.467 e. The van der Waals surface area contributed by atoms with E-state index in [0.717, 1.165) is 0 Å². The van der Waals surface area contributed by atoms with Gasteiger partial charge in [0.25, 0.3) is 0 Å². The van der Waals surface area contributed by atoms with E-state index in [9.17, 15) is 18.0 Å². The summed E-state index contributed by atoms with van der Waals surface area (Å²) in [6.07, 6.45) is 0. The first kappa shape index (κ1) is 21.6. The van der Waals surface area contributed by atoms with Gasteiger partial charge in [0.2, 0.25) is 23.3 Å². The van der Waals surface area contributed by atoms with Crippen molar-refractivity contribution in [3.8, 4) is 0 Å². The highest BCUT2D eigenvalue weighted by Gasteiger charge is 2.50. The van der Waals surface area contributed by atoms with Crippen LogP contribution in [0.15, 0.2) is 66.2 Å². The second kappa shape index (κ2) is 7.28. The number of carbonyl (C=O) groups excluding carboxylic acids is 2. The number of Topliss-reactive ketones (excluding diaryl/α,β-unsaturated/α-hetero) is 1. The number of ketones is 1. The highest BCUT2D eigenvalue weighted by Crippen LogP contribution is 2.37. The zero-order chi connectivity index (χ0) is 22.3. The topological polar surface area (TPSA) is 139 Å². The Hall–Kier alpha value is -3.14. The first-order valence-corrected chi connectivity index (χ1v) is 9.81. The van der Waals surface area contributed by atoms with Crippen molar-refractivity contribution >= 4 is 45.3 Å². The summed E-state index contributed by atoms with van der Waals surface area (Å²) in [5.74, 6) is -3.32. The molecule has 146 valence electrons. The standard InChI is InChI=1S/C18H13B3N2O6S/c19-17(11-8-6-10(7-9-11)15(22)25)14(24)13(16(23)28-17)29-30(26,27)18(20,21)12-4-2-1-3-5-12/h1-9H,23H2,(H2,22,25)/t17-/m1/s1. The molecule has 1 aliphatic rings. The van der Waals surface area contributed by atoms with Crippen molar-refractivity contribution in [2.45, 2.75) is 10.0 Å². The molecule has 4 N–H and O–H groups in total. The molecule has 0 unspecified atom stereocenters. The number of hydrogen-bond donors (Lipinski definition) is 2. The Balaban J connectivity index is 1.91. The molecule has 0 saturated heterocycles. The van der Waals surface area contributed by atoms with Crippen molar-refractivity contribution in [3.05, 3.63) is 82.9 Å². The fourth-order valence-corrected chi connectivity index (χ4v) is 3.66. The smallest absolute Gasteiger partial charge is 0.302 e. The molecule has 1 atom stereocenters. The summed E-state index contributed by atoms with van der Waals surface area (Å²) >= 11 is 0. The van der Waals surface area contributed by atoms with E-state index < -0.39 is 43.5 Å². The van der Waals surface area contributed by atoms with Gasteiger partial charge in [0, 0.05) is 5.56 Å². The van der Waals surface area contributed by atoms with E-state index in [1.807, 2.05) is 0 Å². The van der Waals surface area contributed by atoms with Crippen LogP contribution in [-0.4, -0.2) is 43.6 Å². The van der Waals surface area contributed by atoms with Crippen LogP contribution in [0, 0.1) is 0 Å². The molecule has 2 aromatic rings. The van der Waals surface area contributed by atoms with Gasteiger partial charge in [-0.3, -0.25) is 9.59 Å².